The average Bonchev–Trinajstić information content (AvgIpc) is 2.96. The van der Waals surface area contributed by atoms with E-state index in [0.29, 0.717) is 0 Å². The Labute approximate surface area is 97.9 Å². The number of thiophene rings is 1. The van der Waals surface area contributed by atoms with Crippen LogP contribution in [0.4, 0.5) is 5.69 Å². The molecule has 16 heavy (non-hydrogen) atoms. The molecular weight excluding hydrogens is 218 g/mol. The fourth-order valence-corrected chi connectivity index (χ4v) is 2.85. The van der Waals surface area contributed by atoms with Gasteiger partial charge in [0.15, 0.2) is 6.29 Å². The van der Waals surface area contributed by atoms with Crippen LogP contribution < -0.4 is 5.32 Å². The summed E-state index contributed by atoms with van der Waals surface area (Å²) in [6.07, 6.45) is 2.00. The number of carbonyl (C=O) groups is 1. The molecule has 80 valence electrons. The average molecular weight is 229 g/mol. The van der Waals surface area contributed by atoms with Crippen LogP contribution in [-0.4, -0.2) is 12.8 Å². The first-order valence-corrected chi connectivity index (χ1v) is 6.10. The van der Waals surface area contributed by atoms with Gasteiger partial charge in [-0.2, -0.15) is 0 Å². The van der Waals surface area contributed by atoms with Crippen molar-refractivity contribution < 1.29 is 4.79 Å². The van der Waals surface area contributed by atoms with E-state index in [1.807, 2.05) is 12.1 Å². The number of benzene rings is 1. The lowest BCUT2D eigenvalue weighted by molar-refractivity contribution is 0.112. The van der Waals surface area contributed by atoms with Crippen molar-refractivity contribution in [2.24, 2.45) is 0 Å². The maximum atomic E-state index is 10.6. The molecule has 0 saturated carbocycles. The van der Waals surface area contributed by atoms with E-state index in [9.17, 15) is 4.79 Å². The maximum Gasteiger partial charge on any atom is 0.160 e. The van der Waals surface area contributed by atoms with Crippen LogP contribution in [0.3, 0.4) is 0 Å². The number of anilines is 1. The van der Waals surface area contributed by atoms with Crippen molar-refractivity contribution in [3.8, 4) is 10.4 Å². The number of rotatable bonds is 2. The molecule has 0 amide bonds. The minimum absolute atomic E-state index is 0.786. The number of aldehydes is 1. The van der Waals surface area contributed by atoms with E-state index in [1.165, 1.54) is 16.8 Å². The second-order valence-corrected chi connectivity index (χ2v) is 4.98. The van der Waals surface area contributed by atoms with Gasteiger partial charge < -0.3 is 5.32 Å². The predicted octanol–water partition coefficient (Wildman–Crippen LogP) is 3.20. The fourth-order valence-electron chi connectivity index (χ4n) is 2.03. The van der Waals surface area contributed by atoms with Crippen molar-refractivity contribution in [3.63, 3.8) is 0 Å². The zero-order valence-electron chi connectivity index (χ0n) is 8.69. The van der Waals surface area contributed by atoms with Gasteiger partial charge in [0.2, 0.25) is 0 Å². The number of nitrogens with one attached hydrogen (secondary N) is 1. The number of fused-ring (bicyclic) bond motifs is 1. The molecule has 0 aliphatic carbocycles. The summed E-state index contributed by atoms with van der Waals surface area (Å²) in [5, 5.41) is 3.34. The molecule has 3 heteroatoms. The number of hydrogen-bond acceptors (Lipinski definition) is 3. The third-order valence-electron chi connectivity index (χ3n) is 2.84. The van der Waals surface area contributed by atoms with Crippen molar-refractivity contribution in [1.82, 2.24) is 0 Å². The van der Waals surface area contributed by atoms with Gasteiger partial charge in [-0.25, -0.2) is 0 Å². The van der Waals surface area contributed by atoms with Crippen LogP contribution in [-0.2, 0) is 6.42 Å². The van der Waals surface area contributed by atoms with Crippen molar-refractivity contribution in [2.75, 3.05) is 11.9 Å². The van der Waals surface area contributed by atoms with Crippen LogP contribution in [0.15, 0.2) is 30.3 Å². The molecule has 0 atom stereocenters. The second kappa shape index (κ2) is 3.76. The van der Waals surface area contributed by atoms with Crippen LogP contribution in [0.5, 0.6) is 0 Å². The van der Waals surface area contributed by atoms with E-state index in [2.05, 4.69) is 23.5 Å². The van der Waals surface area contributed by atoms with Crippen molar-refractivity contribution >= 4 is 23.3 Å². The van der Waals surface area contributed by atoms with Gasteiger partial charge in [0.25, 0.3) is 0 Å². The maximum absolute atomic E-state index is 10.6. The van der Waals surface area contributed by atoms with Crippen molar-refractivity contribution in [3.05, 3.63) is 40.8 Å². The molecule has 1 aliphatic heterocycles. The smallest absolute Gasteiger partial charge is 0.160 e. The first-order valence-electron chi connectivity index (χ1n) is 5.29. The molecule has 0 fully saturated rings. The highest BCUT2D eigenvalue weighted by atomic mass is 32.1. The normalized spacial score (nSPS) is 13.2. The van der Waals surface area contributed by atoms with Gasteiger partial charge in [0.05, 0.1) is 4.88 Å². The van der Waals surface area contributed by atoms with E-state index in [4.69, 9.17) is 0 Å². The van der Waals surface area contributed by atoms with Gasteiger partial charge in [-0.1, -0.05) is 6.07 Å². The zero-order chi connectivity index (χ0) is 11.0. The fraction of sp³-hybridized carbons (Fsp3) is 0.154. The summed E-state index contributed by atoms with van der Waals surface area (Å²) in [6, 6.07) is 10.3. The van der Waals surface area contributed by atoms with Crippen LogP contribution in [0.25, 0.3) is 10.4 Å². The minimum atomic E-state index is 0.786. The summed E-state index contributed by atoms with van der Waals surface area (Å²) in [6.45, 7) is 1.03. The largest absolute Gasteiger partial charge is 0.384 e. The van der Waals surface area contributed by atoms with Gasteiger partial charge in [0, 0.05) is 17.1 Å². The first-order chi connectivity index (χ1) is 7.86. The summed E-state index contributed by atoms with van der Waals surface area (Å²) in [4.78, 5) is 12.6. The Balaban J connectivity index is 2.03. The molecule has 2 nitrogen and oxygen atoms in total. The van der Waals surface area contributed by atoms with Crippen LogP contribution in [0.2, 0.25) is 0 Å². The Bertz CT molecular complexity index is 545. The van der Waals surface area contributed by atoms with E-state index in [0.717, 1.165) is 29.0 Å². The molecule has 3 rings (SSSR count). The predicted molar refractivity (Wildman–Crippen MR) is 67.3 cm³/mol. The zero-order valence-corrected chi connectivity index (χ0v) is 9.51. The molecule has 1 aliphatic rings. The summed E-state index contributed by atoms with van der Waals surface area (Å²) in [5.41, 5.74) is 3.83. The molecule has 0 spiro atoms. The highest BCUT2D eigenvalue weighted by Crippen LogP contribution is 2.32. The Morgan fingerprint density at radius 1 is 1.25 bits per heavy atom. The third-order valence-corrected chi connectivity index (χ3v) is 3.90. The standard InChI is InChI=1S/C13H11NOS/c15-8-11-2-4-13(16-11)10-1-3-12-9(7-10)5-6-14-12/h1-4,7-8,14H,5-6H2. The second-order valence-electron chi connectivity index (χ2n) is 3.87. The molecule has 2 heterocycles. The van der Waals surface area contributed by atoms with Gasteiger partial charge in [-0.3, -0.25) is 4.79 Å². The van der Waals surface area contributed by atoms with Gasteiger partial charge in [-0.05, 0) is 41.8 Å². The van der Waals surface area contributed by atoms with Crippen LogP contribution >= 0.6 is 11.3 Å². The van der Waals surface area contributed by atoms with Crippen LogP contribution in [0.1, 0.15) is 15.2 Å². The summed E-state index contributed by atoms with van der Waals surface area (Å²) in [5.74, 6) is 0. The van der Waals surface area contributed by atoms with Gasteiger partial charge >= 0.3 is 0 Å². The van der Waals surface area contributed by atoms with Gasteiger partial charge in [-0.15, -0.1) is 11.3 Å². The monoisotopic (exact) mass is 229 g/mol. The first kappa shape index (κ1) is 9.60. The SMILES string of the molecule is O=Cc1ccc(-c2ccc3c(c2)CCN3)s1. The summed E-state index contributed by atoms with van der Waals surface area (Å²) < 4.78 is 0. The quantitative estimate of drug-likeness (QED) is 0.801. The van der Waals surface area contributed by atoms with E-state index in [-0.39, 0.29) is 0 Å². The molecule has 2 aromatic rings. The summed E-state index contributed by atoms with van der Waals surface area (Å²) in [7, 11) is 0. The highest BCUT2D eigenvalue weighted by Gasteiger charge is 2.11. The van der Waals surface area contributed by atoms with Crippen LogP contribution in [0, 0.1) is 0 Å². The molecule has 1 N–H and O–H groups in total. The Morgan fingerprint density at radius 3 is 3.00 bits per heavy atom. The lowest BCUT2D eigenvalue weighted by atomic mass is 10.1. The highest BCUT2D eigenvalue weighted by molar-refractivity contribution is 7.17. The molecule has 1 aromatic heterocycles. The molecule has 0 saturated heterocycles. The lowest BCUT2D eigenvalue weighted by Crippen LogP contribution is -1.90. The minimum Gasteiger partial charge on any atom is -0.384 e. The van der Waals surface area contributed by atoms with E-state index >= 15 is 0 Å². The Morgan fingerprint density at radius 2 is 2.19 bits per heavy atom. The van der Waals surface area contributed by atoms with Crippen molar-refractivity contribution in [1.29, 1.82) is 0 Å². The number of hydrogen-bond donors (Lipinski definition) is 1. The summed E-state index contributed by atoms with van der Waals surface area (Å²) >= 11 is 1.54. The topological polar surface area (TPSA) is 29.1 Å². The van der Waals surface area contributed by atoms with E-state index in [1.54, 1.807) is 11.3 Å². The number of carbonyl (C=O) groups excluding carboxylic acids is 1. The molecule has 0 unspecified atom stereocenters. The van der Waals surface area contributed by atoms with E-state index < -0.39 is 0 Å². The molecular formula is C13H11NOS. The molecule has 0 radical (unpaired) electrons. The third kappa shape index (κ3) is 1.53. The molecule has 1 aromatic carbocycles. The Hall–Kier alpha value is -1.61. The van der Waals surface area contributed by atoms with Crippen molar-refractivity contribution in [2.45, 2.75) is 6.42 Å². The Kier molecular flexibility index (Phi) is 2.26. The molecule has 0 bridgehead atoms. The van der Waals surface area contributed by atoms with Gasteiger partial charge in [0.1, 0.15) is 0 Å². The lowest BCUT2D eigenvalue weighted by Gasteiger charge is -2.02.